The average molecular weight is 146 g/mol. The molecule has 0 fully saturated rings. The van der Waals surface area contributed by atoms with E-state index in [9.17, 15) is 4.79 Å². The van der Waals surface area contributed by atoms with E-state index in [1.54, 1.807) is 0 Å². The highest BCUT2D eigenvalue weighted by molar-refractivity contribution is 5.84. The van der Waals surface area contributed by atoms with E-state index < -0.39 is 11.7 Å². The minimum Gasteiger partial charge on any atom is -0.502 e. The summed E-state index contributed by atoms with van der Waals surface area (Å²) < 4.78 is 4.40. The quantitative estimate of drug-likeness (QED) is 0.253. The highest BCUT2D eigenvalue weighted by Crippen LogP contribution is 1.89. The van der Waals surface area contributed by atoms with Gasteiger partial charge in [0.2, 0.25) is 0 Å². The van der Waals surface area contributed by atoms with Gasteiger partial charge in [-0.3, -0.25) is 0 Å². The summed E-state index contributed by atoms with van der Waals surface area (Å²) in [6, 6.07) is 0. The molecule has 0 saturated heterocycles. The van der Waals surface area contributed by atoms with Gasteiger partial charge in [-0.2, -0.15) is 0 Å². The van der Waals surface area contributed by atoms with Gasteiger partial charge in [-0.05, 0) is 6.58 Å². The Morgan fingerprint density at radius 3 is 2.60 bits per heavy atom. The van der Waals surface area contributed by atoms with E-state index in [1.165, 1.54) is 0 Å². The topological polar surface area (TPSA) is 66.8 Å². The van der Waals surface area contributed by atoms with Crippen LogP contribution in [0.2, 0.25) is 0 Å². The van der Waals surface area contributed by atoms with Crippen molar-refractivity contribution < 1.29 is 19.7 Å². The molecule has 58 valence electrons. The Balaban J connectivity index is 3.31. The molecule has 0 aromatic heterocycles. The van der Waals surface area contributed by atoms with Gasteiger partial charge in [0.1, 0.15) is 0 Å². The van der Waals surface area contributed by atoms with E-state index in [1.807, 2.05) is 0 Å². The van der Waals surface area contributed by atoms with Crippen molar-refractivity contribution in [3.63, 3.8) is 0 Å². The van der Waals surface area contributed by atoms with Gasteiger partial charge in [0.05, 0.1) is 6.61 Å². The van der Waals surface area contributed by atoms with Crippen molar-refractivity contribution in [2.75, 3.05) is 13.2 Å². The summed E-state index contributed by atoms with van der Waals surface area (Å²) in [5, 5.41) is 16.6. The zero-order valence-corrected chi connectivity index (χ0v) is 5.54. The van der Waals surface area contributed by atoms with Crippen LogP contribution in [0.3, 0.4) is 0 Å². The van der Waals surface area contributed by atoms with Crippen molar-refractivity contribution >= 4 is 5.97 Å². The van der Waals surface area contributed by atoms with Gasteiger partial charge in [0.15, 0.2) is 5.76 Å². The fraction of sp³-hybridized carbons (Fsp3) is 0.500. The lowest BCUT2D eigenvalue weighted by Gasteiger charge is -1.99. The minimum atomic E-state index is -0.839. The summed E-state index contributed by atoms with van der Waals surface area (Å²) in [6.45, 7) is 3.02. The maximum absolute atomic E-state index is 10.4. The first-order valence-corrected chi connectivity index (χ1v) is 2.84. The molecule has 0 aromatic carbocycles. The molecule has 0 aliphatic carbocycles. The molecule has 0 bridgehead atoms. The Kier molecular flexibility index (Phi) is 4.32. The highest BCUT2D eigenvalue weighted by atomic mass is 16.5. The molecule has 0 radical (unpaired) electrons. The number of ether oxygens (including phenoxy) is 1. The maximum atomic E-state index is 10.4. The lowest BCUT2D eigenvalue weighted by atomic mass is 10.5. The molecule has 0 aliphatic heterocycles. The molecule has 4 heteroatoms. The van der Waals surface area contributed by atoms with Gasteiger partial charge < -0.3 is 14.9 Å². The van der Waals surface area contributed by atoms with Crippen LogP contribution < -0.4 is 0 Å². The van der Waals surface area contributed by atoms with Gasteiger partial charge >= 0.3 is 5.97 Å². The van der Waals surface area contributed by atoms with Gasteiger partial charge in [-0.25, -0.2) is 4.79 Å². The fourth-order valence-corrected chi connectivity index (χ4v) is 0.313. The molecule has 2 N–H and O–H groups in total. The summed E-state index contributed by atoms with van der Waals surface area (Å²) in [4.78, 5) is 10.4. The first kappa shape index (κ1) is 8.97. The molecule has 4 nitrogen and oxygen atoms in total. The predicted molar refractivity (Wildman–Crippen MR) is 34.4 cm³/mol. The van der Waals surface area contributed by atoms with Gasteiger partial charge in [-0.15, -0.1) is 0 Å². The number of hydrogen-bond donors (Lipinski definition) is 2. The van der Waals surface area contributed by atoms with E-state index in [2.05, 4.69) is 11.3 Å². The van der Waals surface area contributed by atoms with Crippen LogP contribution in [0, 0.1) is 0 Å². The largest absolute Gasteiger partial charge is 0.502 e. The Morgan fingerprint density at radius 1 is 1.60 bits per heavy atom. The Morgan fingerprint density at radius 2 is 2.20 bits per heavy atom. The van der Waals surface area contributed by atoms with Crippen LogP contribution >= 0.6 is 0 Å². The SMILES string of the molecule is C=C(O)C(=O)OCCCO. The van der Waals surface area contributed by atoms with Crippen molar-refractivity contribution in [2.24, 2.45) is 0 Å². The molecular weight excluding hydrogens is 136 g/mol. The molecule has 0 rings (SSSR count). The van der Waals surface area contributed by atoms with E-state index in [4.69, 9.17) is 10.2 Å². The number of carbonyl (C=O) groups is 1. The van der Waals surface area contributed by atoms with Crippen LogP contribution in [0.25, 0.3) is 0 Å². The van der Waals surface area contributed by atoms with Crippen molar-refractivity contribution in [3.8, 4) is 0 Å². The third kappa shape index (κ3) is 3.91. The van der Waals surface area contributed by atoms with Crippen LogP contribution in [-0.2, 0) is 9.53 Å². The summed E-state index contributed by atoms with van der Waals surface area (Å²) >= 11 is 0. The zero-order chi connectivity index (χ0) is 7.98. The predicted octanol–water partition coefficient (Wildman–Crippen LogP) is -0.0163. The standard InChI is InChI=1S/C6H10O4/c1-5(8)6(9)10-4-2-3-7/h7-8H,1-4H2. The van der Waals surface area contributed by atoms with Gasteiger partial charge in [0.25, 0.3) is 0 Å². The molecular formula is C6H10O4. The lowest BCUT2D eigenvalue weighted by Crippen LogP contribution is -2.08. The lowest BCUT2D eigenvalue weighted by molar-refractivity contribution is -0.142. The summed E-state index contributed by atoms with van der Waals surface area (Å²) in [5.74, 6) is -1.45. The number of hydrogen-bond acceptors (Lipinski definition) is 4. The molecule has 0 aromatic rings. The monoisotopic (exact) mass is 146 g/mol. The molecule has 0 aliphatic rings. The van der Waals surface area contributed by atoms with Crippen LogP contribution in [0.4, 0.5) is 0 Å². The Hall–Kier alpha value is -1.03. The van der Waals surface area contributed by atoms with E-state index in [-0.39, 0.29) is 13.2 Å². The van der Waals surface area contributed by atoms with E-state index in [0.717, 1.165) is 0 Å². The highest BCUT2D eigenvalue weighted by Gasteiger charge is 2.03. The first-order chi connectivity index (χ1) is 4.68. The molecule has 0 atom stereocenters. The molecule has 0 saturated carbocycles. The van der Waals surface area contributed by atoms with Crippen molar-refractivity contribution in [3.05, 3.63) is 12.3 Å². The smallest absolute Gasteiger partial charge is 0.372 e. The van der Waals surface area contributed by atoms with Crippen LogP contribution in [0.1, 0.15) is 6.42 Å². The second kappa shape index (κ2) is 4.81. The van der Waals surface area contributed by atoms with Crippen molar-refractivity contribution in [1.82, 2.24) is 0 Å². The molecule has 0 unspecified atom stereocenters. The van der Waals surface area contributed by atoms with E-state index >= 15 is 0 Å². The third-order valence-corrected chi connectivity index (χ3v) is 0.771. The number of aliphatic hydroxyl groups excluding tert-OH is 2. The molecule has 0 spiro atoms. The maximum Gasteiger partial charge on any atom is 0.372 e. The second-order valence-corrected chi connectivity index (χ2v) is 1.66. The second-order valence-electron chi connectivity index (χ2n) is 1.66. The summed E-state index contributed by atoms with van der Waals surface area (Å²) in [7, 11) is 0. The Labute approximate surface area is 58.7 Å². The zero-order valence-electron chi connectivity index (χ0n) is 5.54. The third-order valence-electron chi connectivity index (χ3n) is 0.771. The van der Waals surface area contributed by atoms with Crippen LogP contribution in [-0.4, -0.2) is 29.4 Å². The molecule has 0 amide bonds. The van der Waals surface area contributed by atoms with Gasteiger partial charge in [-0.1, -0.05) is 0 Å². The van der Waals surface area contributed by atoms with Crippen LogP contribution in [0.5, 0.6) is 0 Å². The first-order valence-electron chi connectivity index (χ1n) is 2.84. The number of rotatable bonds is 4. The number of esters is 1. The van der Waals surface area contributed by atoms with Gasteiger partial charge in [0, 0.05) is 13.0 Å². The fourth-order valence-electron chi connectivity index (χ4n) is 0.313. The van der Waals surface area contributed by atoms with E-state index in [0.29, 0.717) is 6.42 Å². The van der Waals surface area contributed by atoms with Crippen LogP contribution in [0.15, 0.2) is 12.3 Å². The Bertz CT molecular complexity index is 130. The normalized spacial score (nSPS) is 8.90. The summed E-state index contributed by atoms with van der Waals surface area (Å²) in [5.41, 5.74) is 0. The minimum absolute atomic E-state index is 0.0365. The average Bonchev–Trinajstić information content (AvgIpc) is 1.88. The van der Waals surface area contributed by atoms with Crippen molar-refractivity contribution in [2.45, 2.75) is 6.42 Å². The molecule has 0 heterocycles. The number of aliphatic hydroxyl groups is 2. The molecule has 10 heavy (non-hydrogen) atoms. The number of carbonyl (C=O) groups excluding carboxylic acids is 1. The van der Waals surface area contributed by atoms with Crippen molar-refractivity contribution in [1.29, 1.82) is 0 Å². The summed E-state index contributed by atoms with van der Waals surface area (Å²) in [6.07, 6.45) is 0.374.